The van der Waals surface area contributed by atoms with E-state index in [-0.39, 0.29) is 11.9 Å². The van der Waals surface area contributed by atoms with Crippen molar-refractivity contribution in [1.29, 1.82) is 0 Å². The smallest absolute Gasteiger partial charge is 0.254 e. The highest BCUT2D eigenvalue weighted by Gasteiger charge is 2.27. The Morgan fingerprint density at radius 3 is 2.67 bits per heavy atom. The summed E-state index contributed by atoms with van der Waals surface area (Å²) in [6.07, 6.45) is 16.0. The summed E-state index contributed by atoms with van der Waals surface area (Å²) in [5, 5.41) is 12.2. The molecule has 0 bridgehead atoms. The molecule has 2 fully saturated rings. The SMILES string of the molecule is Cn1ccnc1SC1CCC(NC(=O)c2cn[nH]c2C2CCCCC2)CC1. The van der Waals surface area contributed by atoms with E-state index in [0.717, 1.165) is 54.9 Å². The van der Waals surface area contributed by atoms with Crippen LogP contribution in [0.2, 0.25) is 0 Å². The van der Waals surface area contributed by atoms with Gasteiger partial charge in [0.1, 0.15) is 0 Å². The first kappa shape index (κ1) is 18.6. The third-order valence-electron chi connectivity index (χ3n) is 5.99. The molecule has 2 N–H and O–H groups in total. The average Bonchev–Trinajstić information content (AvgIpc) is 3.34. The molecule has 1 amide bonds. The van der Waals surface area contributed by atoms with E-state index >= 15 is 0 Å². The van der Waals surface area contributed by atoms with Crippen LogP contribution in [0, 0.1) is 0 Å². The number of carbonyl (C=O) groups is 1. The number of imidazole rings is 1. The highest BCUT2D eigenvalue weighted by Crippen LogP contribution is 2.34. The lowest BCUT2D eigenvalue weighted by molar-refractivity contribution is 0.0926. The van der Waals surface area contributed by atoms with E-state index in [9.17, 15) is 4.79 Å². The number of H-pyrrole nitrogens is 1. The molecule has 0 atom stereocenters. The molecule has 0 unspecified atom stereocenters. The molecule has 2 aromatic heterocycles. The lowest BCUT2D eigenvalue weighted by Crippen LogP contribution is -2.38. The van der Waals surface area contributed by atoms with Crippen LogP contribution >= 0.6 is 11.8 Å². The summed E-state index contributed by atoms with van der Waals surface area (Å²) in [4.78, 5) is 17.2. The second kappa shape index (κ2) is 8.50. The van der Waals surface area contributed by atoms with E-state index < -0.39 is 0 Å². The van der Waals surface area contributed by atoms with Gasteiger partial charge in [-0.25, -0.2) is 4.98 Å². The van der Waals surface area contributed by atoms with Crippen LogP contribution in [0.1, 0.15) is 79.8 Å². The molecule has 146 valence electrons. The number of amides is 1. The predicted molar refractivity (Wildman–Crippen MR) is 107 cm³/mol. The molecule has 2 aliphatic rings. The average molecular weight is 388 g/mol. The zero-order valence-corrected chi connectivity index (χ0v) is 16.8. The maximum Gasteiger partial charge on any atom is 0.254 e. The summed E-state index contributed by atoms with van der Waals surface area (Å²) in [7, 11) is 2.04. The highest BCUT2D eigenvalue weighted by atomic mass is 32.2. The van der Waals surface area contributed by atoms with Crippen LogP contribution in [0.4, 0.5) is 0 Å². The van der Waals surface area contributed by atoms with Crippen molar-refractivity contribution >= 4 is 17.7 Å². The van der Waals surface area contributed by atoms with E-state index in [0.29, 0.717) is 11.2 Å². The normalized spacial score (nSPS) is 24.0. The Bertz CT molecular complexity index is 756. The van der Waals surface area contributed by atoms with Gasteiger partial charge in [0.05, 0.1) is 17.5 Å². The standard InChI is InChI=1S/C20H29N5OS/c1-25-12-11-21-20(25)27-16-9-7-15(8-10-16)23-19(26)17-13-22-24-18(17)14-5-3-2-4-6-14/h11-16H,2-10H2,1H3,(H,22,24)(H,23,26). The number of rotatable bonds is 5. The van der Waals surface area contributed by atoms with Gasteiger partial charge >= 0.3 is 0 Å². The van der Waals surface area contributed by atoms with Crippen LogP contribution in [0.5, 0.6) is 0 Å². The largest absolute Gasteiger partial charge is 0.349 e. The Balaban J connectivity index is 1.30. The van der Waals surface area contributed by atoms with Gasteiger partial charge in [-0.15, -0.1) is 0 Å². The summed E-state index contributed by atoms with van der Waals surface area (Å²) in [5.41, 5.74) is 1.80. The number of hydrogen-bond acceptors (Lipinski definition) is 4. The van der Waals surface area contributed by atoms with Crippen molar-refractivity contribution in [3.05, 3.63) is 29.8 Å². The van der Waals surface area contributed by atoms with Crippen LogP contribution < -0.4 is 5.32 Å². The van der Waals surface area contributed by atoms with Gasteiger partial charge in [0.25, 0.3) is 5.91 Å². The number of nitrogens with zero attached hydrogens (tertiary/aromatic N) is 3. The fourth-order valence-corrected chi connectivity index (χ4v) is 5.54. The Kier molecular flexibility index (Phi) is 5.86. The van der Waals surface area contributed by atoms with Crippen LogP contribution in [0.3, 0.4) is 0 Å². The predicted octanol–water partition coefficient (Wildman–Crippen LogP) is 4.02. The quantitative estimate of drug-likeness (QED) is 0.812. The van der Waals surface area contributed by atoms with Crippen LogP contribution in [0.15, 0.2) is 23.7 Å². The molecule has 6 nitrogen and oxygen atoms in total. The van der Waals surface area contributed by atoms with Crippen LogP contribution in [0.25, 0.3) is 0 Å². The van der Waals surface area contributed by atoms with Gasteiger partial charge in [0.2, 0.25) is 0 Å². The van der Waals surface area contributed by atoms with Gasteiger partial charge in [0, 0.05) is 36.7 Å². The number of aromatic amines is 1. The summed E-state index contributed by atoms with van der Waals surface area (Å²) in [6, 6.07) is 0.268. The molecule has 0 spiro atoms. The second-order valence-electron chi connectivity index (χ2n) is 7.92. The molecule has 4 rings (SSSR count). The zero-order valence-electron chi connectivity index (χ0n) is 16.0. The molecule has 2 saturated carbocycles. The molecule has 27 heavy (non-hydrogen) atoms. The fraction of sp³-hybridized carbons (Fsp3) is 0.650. The Morgan fingerprint density at radius 1 is 1.19 bits per heavy atom. The number of aromatic nitrogens is 4. The number of hydrogen-bond donors (Lipinski definition) is 2. The number of carbonyl (C=O) groups excluding carboxylic acids is 1. The molecule has 0 aromatic carbocycles. The molecule has 0 saturated heterocycles. The summed E-state index contributed by atoms with van der Waals surface area (Å²) >= 11 is 1.86. The highest BCUT2D eigenvalue weighted by molar-refractivity contribution is 7.99. The van der Waals surface area contributed by atoms with Crippen LogP contribution in [-0.2, 0) is 7.05 Å². The van der Waals surface area contributed by atoms with Crippen molar-refractivity contribution in [2.45, 2.75) is 80.2 Å². The summed E-state index contributed by atoms with van der Waals surface area (Å²) < 4.78 is 2.07. The number of aryl methyl sites for hydroxylation is 1. The summed E-state index contributed by atoms with van der Waals surface area (Å²) in [5.74, 6) is 0.511. The maximum absolute atomic E-state index is 12.8. The Hall–Kier alpha value is -1.76. The lowest BCUT2D eigenvalue weighted by atomic mass is 9.85. The van der Waals surface area contributed by atoms with Crippen molar-refractivity contribution in [2.75, 3.05) is 0 Å². The maximum atomic E-state index is 12.8. The van der Waals surface area contributed by atoms with E-state index in [1.807, 2.05) is 31.2 Å². The number of thioether (sulfide) groups is 1. The van der Waals surface area contributed by atoms with Crippen molar-refractivity contribution in [3.8, 4) is 0 Å². The molecule has 2 aromatic rings. The minimum Gasteiger partial charge on any atom is -0.349 e. The van der Waals surface area contributed by atoms with E-state index in [4.69, 9.17) is 0 Å². The van der Waals surface area contributed by atoms with E-state index in [1.54, 1.807) is 6.20 Å². The van der Waals surface area contributed by atoms with Gasteiger partial charge in [0.15, 0.2) is 5.16 Å². The third kappa shape index (κ3) is 4.39. The number of nitrogens with one attached hydrogen (secondary N) is 2. The third-order valence-corrected chi connectivity index (χ3v) is 7.39. The second-order valence-corrected chi connectivity index (χ2v) is 9.19. The van der Waals surface area contributed by atoms with Crippen molar-refractivity contribution in [3.63, 3.8) is 0 Å². The van der Waals surface area contributed by atoms with Crippen molar-refractivity contribution in [1.82, 2.24) is 25.1 Å². The van der Waals surface area contributed by atoms with E-state index in [1.165, 1.54) is 19.3 Å². The van der Waals surface area contributed by atoms with Gasteiger partial charge < -0.3 is 9.88 Å². The molecule has 0 aliphatic heterocycles. The van der Waals surface area contributed by atoms with Gasteiger partial charge in [-0.1, -0.05) is 31.0 Å². The zero-order chi connectivity index (χ0) is 18.6. The minimum atomic E-state index is 0.0459. The molecule has 2 heterocycles. The molecular weight excluding hydrogens is 358 g/mol. The first-order chi connectivity index (χ1) is 13.2. The molecule has 0 radical (unpaired) electrons. The minimum absolute atomic E-state index is 0.0459. The molecule has 7 heteroatoms. The molecular formula is C20H29N5OS. The first-order valence-electron chi connectivity index (χ1n) is 10.2. The summed E-state index contributed by atoms with van der Waals surface area (Å²) in [6.45, 7) is 0. The first-order valence-corrected chi connectivity index (χ1v) is 11.1. The van der Waals surface area contributed by atoms with Gasteiger partial charge in [-0.3, -0.25) is 9.89 Å². The fourth-order valence-electron chi connectivity index (χ4n) is 4.38. The monoisotopic (exact) mass is 387 g/mol. The Morgan fingerprint density at radius 2 is 1.96 bits per heavy atom. The van der Waals surface area contributed by atoms with E-state index in [2.05, 4.69) is 25.1 Å². The Labute approximate surface area is 164 Å². The van der Waals surface area contributed by atoms with Crippen LogP contribution in [-0.4, -0.2) is 36.9 Å². The topological polar surface area (TPSA) is 75.6 Å². The van der Waals surface area contributed by atoms with Crippen molar-refractivity contribution in [2.24, 2.45) is 7.05 Å². The molecule has 2 aliphatic carbocycles. The van der Waals surface area contributed by atoms with Crippen molar-refractivity contribution < 1.29 is 4.79 Å². The lowest BCUT2D eigenvalue weighted by Gasteiger charge is -2.28. The van der Waals surface area contributed by atoms with Gasteiger partial charge in [-0.2, -0.15) is 5.10 Å². The van der Waals surface area contributed by atoms with Gasteiger partial charge in [-0.05, 0) is 38.5 Å².